The lowest BCUT2D eigenvalue weighted by molar-refractivity contribution is -0.118. The molecule has 31 heavy (non-hydrogen) atoms. The van der Waals surface area contributed by atoms with Gasteiger partial charge in [-0.2, -0.15) is 0 Å². The van der Waals surface area contributed by atoms with E-state index in [1.807, 2.05) is 6.92 Å². The second-order valence-electron chi connectivity index (χ2n) is 6.85. The summed E-state index contributed by atoms with van der Waals surface area (Å²) in [7, 11) is 0. The highest BCUT2D eigenvalue weighted by Gasteiger charge is 2.12. The van der Waals surface area contributed by atoms with Crippen molar-refractivity contribution in [2.24, 2.45) is 0 Å². The van der Waals surface area contributed by atoms with Crippen molar-refractivity contribution < 1.29 is 28.7 Å². The van der Waals surface area contributed by atoms with E-state index in [9.17, 15) is 19.2 Å². The van der Waals surface area contributed by atoms with Crippen LogP contribution in [0.4, 0.5) is 11.4 Å². The lowest BCUT2D eigenvalue weighted by Crippen LogP contribution is -2.21. The van der Waals surface area contributed by atoms with E-state index in [2.05, 4.69) is 10.6 Å². The molecule has 8 nitrogen and oxygen atoms in total. The summed E-state index contributed by atoms with van der Waals surface area (Å²) < 4.78 is 10.7. The zero-order chi connectivity index (χ0) is 22.8. The number of unbranched alkanes of at least 4 members (excludes halogenated alkanes) is 1. The molecule has 0 spiro atoms. The molecule has 2 aromatic rings. The van der Waals surface area contributed by atoms with Crippen molar-refractivity contribution in [3.05, 3.63) is 53.6 Å². The van der Waals surface area contributed by atoms with Crippen LogP contribution in [0.15, 0.2) is 42.5 Å². The van der Waals surface area contributed by atoms with E-state index in [1.165, 1.54) is 19.9 Å². The van der Waals surface area contributed by atoms with Gasteiger partial charge in [-0.1, -0.05) is 13.3 Å². The van der Waals surface area contributed by atoms with E-state index < -0.39 is 11.9 Å². The number of rotatable bonds is 10. The molecule has 0 aliphatic heterocycles. The number of ether oxygens (including phenoxy) is 2. The van der Waals surface area contributed by atoms with Crippen molar-refractivity contribution in [3.8, 4) is 5.75 Å². The number of Topliss-reactive ketones (excluding diaryl/α,β-unsaturated/α-hetero) is 1. The summed E-state index contributed by atoms with van der Waals surface area (Å²) in [6.45, 7) is 4.80. The summed E-state index contributed by atoms with van der Waals surface area (Å²) in [5, 5.41) is 5.26. The van der Waals surface area contributed by atoms with Crippen LogP contribution in [0.3, 0.4) is 0 Å². The maximum Gasteiger partial charge on any atom is 0.338 e. The molecule has 0 aliphatic rings. The monoisotopic (exact) mass is 426 g/mol. The highest BCUT2D eigenvalue weighted by atomic mass is 16.5. The van der Waals surface area contributed by atoms with Gasteiger partial charge in [-0.25, -0.2) is 4.79 Å². The molecule has 2 N–H and O–H groups in total. The van der Waals surface area contributed by atoms with E-state index in [4.69, 9.17) is 9.47 Å². The van der Waals surface area contributed by atoms with E-state index in [-0.39, 0.29) is 24.0 Å². The van der Waals surface area contributed by atoms with Crippen molar-refractivity contribution >= 4 is 34.9 Å². The number of benzene rings is 2. The van der Waals surface area contributed by atoms with Gasteiger partial charge in [-0.15, -0.1) is 0 Å². The maximum atomic E-state index is 12.2. The number of nitrogens with one attached hydrogen (secondary N) is 2. The van der Waals surface area contributed by atoms with Crippen LogP contribution in [0.5, 0.6) is 5.75 Å². The second kappa shape index (κ2) is 11.5. The average molecular weight is 426 g/mol. The molecule has 0 saturated heterocycles. The SMILES string of the molecule is CCCCOC(=O)c1ccc(NC(=O)COc2cc(C(C)=O)ccc2NC(C)=O)cc1. The van der Waals surface area contributed by atoms with Crippen LogP contribution in [-0.4, -0.2) is 36.8 Å². The highest BCUT2D eigenvalue weighted by Crippen LogP contribution is 2.26. The number of anilines is 2. The molecule has 0 saturated carbocycles. The van der Waals surface area contributed by atoms with Crippen molar-refractivity contribution in [2.75, 3.05) is 23.8 Å². The molecule has 0 aromatic heterocycles. The van der Waals surface area contributed by atoms with Crippen LogP contribution in [0.2, 0.25) is 0 Å². The molecule has 0 unspecified atom stereocenters. The Kier molecular flexibility index (Phi) is 8.75. The first-order valence-electron chi connectivity index (χ1n) is 9.92. The van der Waals surface area contributed by atoms with Gasteiger partial charge < -0.3 is 20.1 Å². The number of hydrogen-bond acceptors (Lipinski definition) is 6. The minimum absolute atomic E-state index is 0.169. The predicted molar refractivity (Wildman–Crippen MR) is 117 cm³/mol. The second-order valence-corrected chi connectivity index (χ2v) is 6.85. The van der Waals surface area contributed by atoms with Gasteiger partial charge in [0.2, 0.25) is 5.91 Å². The largest absolute Gasteiger partial charge is 0.482 e. The molecule has 2 amide bonds. The molecule has 2 aromatic carbocycles. The van der Waals surface area contributed by atoms with Crippen molar-refractivity contribution in [3.63, 3.8) is 0 Å². The fourth-order valence-electron chi connectivity index (χ4n) is 2.58. The van der Waals surface area contributed by atoms with Crippen LogP contribution in [0.25, 0.3) is 0 Å². The van der Waals surface area contributed by atoms with E-state index in [0.717, 1.165) is 12.8 Å². The molecular weight excluding hydrogens is 400 g/mol. The van der Waals surface area contributed by atoms with Crippen molar-refractivity contribution in [1.82, 2.24) is 0 Å². The Morgan fingerprint density at radius 2 is 1.58 bits per heavy atom. The number of carbonyl (C=O) groups excluding carboxylic acids is 4. The molecule has 0 fully saturated rings. The molecular formula is C23H26N2O6. The van der Waals surface area contributed by atoms with Gasteiger partial charge in [0.05, 0.1) is 17.9 Å². The van der Waals surface area contributed by atoms with Crippen LogP contribution in [0, 0.1) is 0 Å². The van der Waals surface area contributed by atoms with E-state index >= 15 is 0 Å². The van der Waals surface area contributed by atoms with Gasteiger partial charge in [-0.3, -0.25) is 14.4 Å². The minimum atomic E-state index is -0.444. The number of carbonyl (C=O) groups is 4. The third kappa shape index (κ3) is 7.58. The average Bonchev–Trinajstić information content (AvgIpc) is 2.73. The van der Waals surface area contributed by atoms with E-state index in [0.29, 0.717) is 29.1 Å². The number of amides is 2. The summed E-state index contributed by atoms with van der Waals surface area (Å²) in [5.41, 5.74) is 1.63. The topological polar surface area (TPSA) is 111 Å². The lowest BCUT2D eigenvalue weighted by Gasteiger charge is -2.13. The Labute approximate surface area is 180 Å². The summed E-state index contributed by atoms with van der Waals surface area (Å²) in [6, 6.07) is 10.9. The third-order valence-corrected chi connectivity index (χ3v) is 4.19. The van der Waals surface area contributed by atoms with Crippen molar-refractivity contribution in [1.29, 1.82) is 0 Å². The first-order chi connectivity index (χ1) is 14.8. The number of esters is 1. The van der Waals surface area contributed by atoms with Crippen LogP contribution >= 0.6 is 0 Å². The Morgan fingerprint density at radius 1 is 0.903 bits per heavy atom. The minimum Gasteiger partial charge on any atom is -0.482 e. The van der Waals surface area contributed by atoms with Gasteiger partial charge in [0.25, 0.3) is 5.91 Å². The number of hydrogen-bond donors (Lipinski definition) is 2. The molecule has 0 radical (unpaired) electrons. The molecule has 0 atom stereocenters. The predicted octanol–water partition coefficient (Wildman–Crippen LogP) is 3.82. The lowest BCUT2D eigenvalue weighted by atomic mass is 10.1. The Balaban J connectivity index is 1.97. The molecule has 2 rings (SSSR count). The Hall–Kier alpha value is -3.68. The zero-order valence-electron chi connectivity index (χ0n) is 17.8. The highest BCUT2D eigenvalue weighted by molar-refractivity contribution is 5.97. The first kappa shape index (κ1) is 23.6. The van der Waals surface area contributed by atoms with Crippen LogP contribution < -0.4 is 15.4 Å². The maximum absolute atomic E-state index is 12.2. The summed E-state index contributed by atoms with van der Waals surface area (Å²) in [4.78, 5) is 47.1. The van der Waals surface area contributed by atoms with Crippen LogP contribution in [0.1, 0.15) is 54.3 Å². The molecule has 0 aliphatic carbocycles. The Morgan fingerprint density at radius 3 is 2.19 bits per heavy atom. The van der Waals surface area contributed by atoms with Crippen LogP contribution in [-0.2, 0) is 14.3 Å². The standard InChI is InChI=1S/C23H26N2O6/c1-4-5-12-30-23(29)17-6-9-19(10-7-17)25-22(28)14-31-21-13-18(15(2)26)8-11-20(21)24-16(3)27/h6-11,13H,4-5,12,14H2,1-3H3,(H,24,27)(H,25,28). The fraction of sp³-hybridized carbons (Fsp3) is 0.304. The van der Waals surface area contributed by atoms with Crippen molar-refractivity contribution in [2.45, 2.75) is 33.6 Å². The number of ketones is 1. The molecule has 0 bridgehead atoms. The molecule has 8 heteroatoms. The van der Waals surface area contributed by atoms with Gasteiger partial charge in [-0.05, 0) is 55.8 Å². The Bertz CT molecular complexity index is 953. The summed E-state index contributed by atoms with van der Waals surface area (Å²) in [5.74, 6) is -1.12. The quantitative estimate of drug-likeness (QED) is 0.339. The summed E-state index contributed by atoms with van der Waals surface area (Å²) >= 11 is 0. The van der Waals surface area contributed by atoms with E-state index in [1.54, 1.807) is 36.4 Å². The first-order valence-corrected chi connectivity index (χ1v) is 9.92. The van der Waals surface area contributed by atoms with Gasteiger partial charge in [0.1, 0.15) is 5.75 Å². The van der Waals surface area contributed by atoms with Gasteiger partial charge in [0, 0.05) is 18.2 Å². The smallest absolute Gasteiger partial charge is 0.338 e. The molecule has 164 valence electrons. The fourth-order valence-corrected chi connectivity index (χ4v) is 2.58. The molecule has 0 heterocycles. The zero-order valence-corrected chi connectivity index (χ0v) is 17.8. The normalized spacial score (nSPS) is 10.2. The van der Waals surface area contributed by atoms with Gasteiger partial charge in [0.15, 0.2) is 12.4 Å². The van der Waals surface area contributed by atoms with Gasteiger partial charge >= 0.3 is 5.97 Å². The summed E-state index contributed by atoms with van der Waals surface area (Å²) in [6.07, 6.45) is 1.74. The third-order valence-electron chi connectivity index (χ3n) is 4.19.